The fourth-order valence-electron chi connectivity index (χ4n) is 2.01. The Morgan fingerprint density at radius 1 is 1.25 bits per heavy atom. The van der Waals surface area contributed by atoms with Crippen molar-refractivity contribution in [1.29, 1.82) is 0 Å². The van der Waals surface area contributed by atoms with Gasteiger partial charge in [0.1, 0.15) is 5.82 Å². The lowest BCUT2D eigenvalue weighted by Gasteiger charge is -2.12. The van der Waals surface area contributed by atoms with Gasteiger partial charge in [-0.25, -0.2) is 9.18 Å². The van der Waals surface area contributed by atoms with E-state index in [9.17, 15) is 9.18 Å². The summed E-state index contributed by atoms with van der Waals surface area (Å²) in [5.74, 6) is -0.877. The van der Waals surface area contributed by atoms with Gasteiger partial charge in [0.15, 0.2) is 5.58 Å². The molecule has 2 aromatic carbocycles. The van der Waals surface area contributed by atoms with Crippen molar-refractivity contribution < 1.29 is 8.81 Å². The number of fused-ring (bicyclic) bond motifs is 1. The highest BCUT2D eigenvalue weighted by molar-refractivity contribution is 9.10. The first-order valence-corrected chi connectivity index (χ1v) is 6.99. The molecule has 3 nitrogen and oxygen atoms in total. The number of alkyl halides is 1. The summed E-state index contributed by atoms with van der Waals surface area (Å²) < 4.78 is 19.0. The minimum absolute atomic E-state index is 0.358. The molecular weight excluding hydrogens is 349 g/mol. The number of nitrogens with one attached hydrogen (secondary N) is 1. The van der Waals surface area contributed by atoms with Crippen LogP contribution >= 0.6 is 27.5 Å². The second kappa shape index (κ2) is 5.07. The molecule has 0 fully saturated rings. The van der Waals surface area contributed by atoms with Gasteiger partial charge in [-0.2, -0.15) is 0 Å². The first-order valence-electron chi connectivity index (χ1n) is 5.76. The standard InChI is InChI=1S/C14H8BrClFNO2/c15-10-3-2-8(17)6-9(10)13(16)7-1-4-11-12(5-7)20-14(19)18-11/h1-6,13H,(H,18,19). The molecule has 0 aliphatic carbocycles. The number of hydrogen-bond acceptors (Lipinski definition) is 2. The highest BCUT2D eigenvalue weighted by Gasteiger charge is 2.16. The Labute approximate surface area is 126 Å². The maximum Gasteiger partial charge on any atom is 0.417 e. The van der Waals surface area contributed by atoms with E-state index in [1.165, 1.54) is 12.1 Å². The summed E-state index contributed by atoms with van der Waals surface area (Å²) in [5, 5.41) is -0.551. The topological polar surface area (TPSA) is 46.0 Å². The predicted molar refractivity (Wildman–Crippen MR) is 78.6 cm³/mol. The van der Waals surface area contributed by atoms with Gasteiger partial charge in [-0.15, -0.1) is 11.6 Å². The predicted octanol–water partition coefficient (Wildman–Crippen LogP) is 4.35. The van der Waals surface area contributed by atoms with Crippen LogP contribution in [0.1, 0.15) is 16.5 Å². The van der Waals surface area contributed by atoms with Gasteiger partial charge in [-0.1, -0.05) is 22.0 Å². The molecule has 6 heteroatoms. The molecule has 3 rings (SSSR count). The van der Waals surface area contributed by atoms with E-state index >= 15 is 0 Å². The van der Waals surface area contributed by atoms with Crippen LogP contribution in [0.5, 0.6) is 0 Å². The lowest BCUT2D eigenvalue weighted by Crippen LogP contribution is -1.95. The fraction of sp³-hybridized carbons (Fsp3) is 0.0714. The van der Waals surface area contributed by atoms with Gasteiger partial charge in [0, 0.05) is 4.47 Å². The number of aromatic nitrogens is 1. The molecule has 0 aliphatic heterocycles. The first kappa shape index (κ1) is 13.4. The molecule has 0 aliphatic rings. The zero-order valence-corrected chi connectivity index (χ0v) is 12.3. The number of aromatic amines is 1. The maximum absolute atomic E-state index is 13.3. The van der Waals surface area contributed by atoms with Crippen LogP contribution in [-0.4, -0.2) is 4.98 Å². The van der Waals surface area contributed by atoms with E-state index in [-0.39, 0.29) is 5.82 Å². The third-order valence-corrected chi connectivity index (χ3v) is 4.18. The molecule has 0 saturated carbocycles. The van der Waals surface area contributed by atoms with E-state index in [4.69, 9.17) is 16.0 Å². The Kier molecular flexibility index (Phi) is 3.40. The molecule has 1 N–H and O–H groups in total. The van der Waals surface area contributed by atoms with Crippen molar-refractivity contribution in [3.8, 4) is 0 Å². The lowest BCUT2D eigenvalue weighted by molar-refractivity contribution is 0.555. The van der Waals surface area contributed by atoms with E-state index in [1.54, 1.807) is 24.3 Å². The van der Waals surface area contributed by atoms with E-state index in [2.05, 4.69) is 20.9 Å². The molecule has 1 aromatic heterocycles. The summed E-state index contributed by atoms with van der Waals surface area (Å²) in [6.07, 6.45) is 0. The van der Waals surface area contributed by atoms with Gasteiger partial charge < -0.3 is 4.42 Å². The Hall–Kier alpha value is -1.59. The van der Waals surface area contributed by atoms with Crippen LogP contribution in [0.15, 0.2) is 50.1 Å². The molecule has 0 bridgehead atoms. The molecule has 3 aromatic rings. The molecule has 0 amide bonds. The van der Waals surface area contributed by atoms with Gasteiger partial charge in [-0.3, -0.25) is 4.98 Å². The van der Waals surface area contributed by atoms with Crippen molar-refractivity contribution in [3.05, 3.63) is 68.4 Å². The van der Waals surface area contributed by atoms with Crippen LogP contribution in [0, 0.1) is 5.82 Å². The minimum Gasteiger partial charge on any atom is -0.408 e. The average Bonchev–Trinajstić information content (AvgIpc) is 2.79. The summed E-state index contributed by atoms with van der Waals surface area (Å²) >= 11 is 9.74. The van der Waals surface area contributed by atoms with Crippen LogP contribution in [0.4, 0.5) is 4.39 Å². The van der Waals surface area contributed by atoms with E-state index < -0.39 is 11.1 Å². The van der Waals surface area contributed by atoms with E-state index in [1.807, 2.05) is 0 Å². The number of hydrogen-bond donors (Lipinski definition) is 1. The molecule has 1 unspecified atom stereocenters. The molecule has 102 valence electrons. The summed E-state index contributed by atoms with van der Waals surface area (Å²) in [6.45, 7) is 0. The number of benzene rings is 2. The second-order valence-corrected chi connectivity index (χ2v) is 5.59. The number of oxazole rings is 1. The van der Waals surface area contributed by atoms with Crippen molar-refractivity contribution in [2.45, 2.75) is 5.38 Å². The van der Waals surface area contributed by atoms with Crippen molar-refractivity contribution in [1.82, 2.24) is 4.98 Å². The summed E-state index contributed by atoms with van der Waals surface area (Å²) in [7, 11) is 0. The normalized spacial score (nSPS) is 12.8. The van der Waals surface area contributed by atoms with Gasteiger partial charge in [-0.05, 0) is 41.5 Å². The van der Waals surface area contributed by atoms with Crippen LogP contribution in [-0.2, 0) is 0 Å². The van der Waals surface area contributed by atoms with Crippen molar-refractivity contribution >= 4 is 38.6 Å². The SMILES string of the molecule is O=c1[nH]c2ccc(C(Cl)c3cc(F)ccc3Br)cc2o1. The fourth-order valence-corrected chi connectivity index (χ4v) is 2.93. The highest BCUT2D eigenvalue weighted by atomic mass is 79.9. The van der Waals surface area contributed by atoms with Gasteiger partial charge in [0.25, 0.3) is 0 Å². The lowest BCUT2D eigenvalue weighted by atomic mass is 10.0. The van der Waals surface area contributed by atoms with Crippen molar-refractivity contribution in [3.63, 3.8) is 0 Å². The second-order valence-electron chi connectivity index (χ2n) is 4.30. The number of H-pyrrole nitrogens is 1. The Morgan fingerprint density at radius 3 is 2.85 bits per heavy atom. The Bertz CT molecular complexity index is 843. The highest BCUT2D eigenvalue weighted by Crippen LogP contribution is 2.35. The number of rotatable bonds is 2. The largest absolute Gasteiger partial charge is 0.417 e. The third kappa shape index (κ3) is 2.39. The smallest absolute Gasteiger partial charge is 0.408 e. The van der Waals surface area contributed by atoms with Crippen LogP contribution in [0.2, 0.25) is 0 Å². The molecule has 20 heavy (non-hydrogen) atoms. The third-order valence-electron chi connectivity index (χ3n) is 2.97. The Balaban J connectivity index is 2.09. The minimum atomic E-state index is -0.551. The Morgan fingerprint density at radius 2 is 2.05 bits per heavy atom. The monoisotopic (exact) mass is 355 g/mol. The zero-order chi connectivity index (χ0) is 14.3. The maximum atomic E-state index is 13.3. The molecule has 0 saturated heterocycles. The van der Waals surface area contributed by atoms with Gasteiger partial charge in [0.05, 0.1) is 10.9 Å². The van der Waals surface area contributed by atoms with Crippen LogP contribution < -0.4 is 5.76 Å². The molecule has 1 atom stereocenters. The first-order chi connectivity index (χ1) is 9.54. The summed E-state index contributed by atoms with van der Waals surface area (Å²) in [4.78, 5) is 13.7. The van der Waals surface area contributed by atoms with Gasteiger partial charge >= 0.3 is 5.76 Å². The molecule has 0 radical (unpaired) electrons. The van der Waals surface area contributed by atoms with Crippen molar-refractivity contribution in [2.24, 2.45) is 0 Å². The summed E-state index contributed by atoms with van der Waals surface area (Å²) in [5.41, 5.74) is 2.35. The molecule has 1 heterocycles. The quantitative estimate of drug-likeness (QED) is 0.694. The van der Waals surface area contributed by atoms with Gasteiger partial charge in [0.2, 0.25) is 0 Å². The molecular formula is C14H8BrClFNO2. The zero-order valence-electron chi connectivity index (χ0n) is 9.99. The molecule has 0 spiro atoms. The summed E-state index contributed by atoms with van der Waals surface area (Å²) in [6, 6.07) is 9.48. The average molecular weight is 357 g/mol. The van der Waals surface area contributed by atoms with Crippen LogP contribution in [0.3, 0.4) is 0 Å². The number of halogens is 3. The van der Waals surface area contributed by atoms with Crippen LogP contribution in [0.25, 0.3) is 11.1 Å². The van der Waals surface area contributed by atoms with E-state index in [0.717, 1.165) is 4.47 Å². The van der Waals surface area contributed by atoms with Crippen molar-refractivity contribution in [2.75, 3.05) is 0 Å². The van der Waals surface area contributed by atoms with E-state index in [0.29, 0.717) is 22.2 Å².